The summed E-state index contributed by atoms with van der Waals surface area (Å²) in [4.78, 5) is 0. The van der Waals surface area contributed by atoms with Crippen LogP contribution in [-0.4, -0.2) is 24.3 Å². The van der Waals surface area contributed by atoms with E-state index in [9.17, 15) is 13.0 Å². The van der Waals surface area contributed by atoms with Crippen LogP contribution in [0.5, 0.6) is 0 Å². The Bertz CT molecular complexity index is 243. The molecule has 0 unspecified atom stereocenters. The average molecular weight is 209 g/mol. The number of hydrogen-bond donors (Lipinski definition) is 1. The Hall–Kier alpha value is -0.390. The maximum absolute atomic E-state index is 9.83. The van der Waals surface area contributed by atoms with Crippen molar-refractivity contribution in [3.05, 3.63) is 12.2 Å². The highest BCUT2D eigenvalue weighted by Gasteiger charge is 2.00. The van der Waals surface area contributed by atoms with Crippen molar-refractivity contribution >= 4 is 10.1 Å². The van der Waals surface area contributed by atoms with Gasteiger partial charge >= 0.3 is 0 Å². The van der Waals surface area contributed by atoms with Crippen LogP contribution in [0.2, 0.25) is 0 Å². The van der Waals surface area contributed by atoms with Crippen LogP contribution in [0.4, 0.5) is 0 Å². The molecule has 3 N–H and O–H groups in total. The van der Waals surface area contributed by atoms with Crippen LogP contribution in [-0.2, 0) is 10.1 Å². The van der Waals surface area contributed by atoms with Crippen LogP contribution in [0.25, 0.3) is 0 Å². The van der Waals surface area contributed by atoms with Gasteiger partial charge in [0.05, 0.1) is 21.4 Å². The van der Waals surface area contributed by atoms with E-state index in [2.05, 4.69) is 33.1 Å². The molecule has 0 rings (SSSR count). The molecule has 0 aliphatic rings. The van der Waals surface area contributed by atoms with Crippen LogP contribution in [0.3, 0.4) is 0 Å². The SMILES string of the molecule is C=C(C)CS(=O)(=O)[O-].CC(C)(C)[NH3+]. The maximum Gasteiger partial charge on any atom is 0.0984 e. The van der Waals surface area contributed by atoms with Gasteiger partial charge in [-0.15, -0.1) is 0 Å². The van der Waals surface area contributed by atoms with E-state index in [0.29, 0.717) is 5.57 Å². The first-order valence-electron chi connectivity index (χ1n) is 3.85. The van der Waals surface area contributed by atoms with Crippen LogP contribution in [0, 0.1) is 0 Å². The molecule has 0 aliphatic carbocycles. The van der Waals surface area contributed by atoms with Gasteiger partial charge in [0.25, 0.3) is 0 Å². The second-order valence-corrected chi connectivity index (χ2v) is 5.62. The molecule has 0 amide bonds. The molecular weight excluding hydrogens is 190 g/mol. The Kier molecular flexibility index (Phi) is 6.23. The molecule has 0 aliphatic heterocycles. The van der Waals surface area contributed by atoms with E-state index in [4.69, 9.17) is 0 Å². The Morgan fingerprint density at radius 3 is 1.69 bits per heavy atom. The lowest BCUT2D eigenvalue weighted by Crippen LogP contribution is -2.67. The minimum atomic E-state index is -4.07. The fraction of sp³-hybridized carbons (Fsp3) is 0.750. The van der Waals surface area contributed by atoms with Crippen molar-refractivity contribution in [2.75, 3.05) is 5.75 Å². The summed E-state index contributed by atoms with van der Waals surface area (Å²) in [7, 11) is -4.07. The molecular formula is C8H19NO3S. The topological polar surface area (TPSA) is 84.8 Å². The molecule has 0 saturated carbocycles. The van der Waals surface area contributed by atoms with Gasteiger partial charge < -0.3 is 10.3 Å². The molecule has 0 radical (unpaired) electrons. The molecule has 0 aromatic heterocycles. The lowest BCUT2D eigenvalue weighted by Gasteiger charge is -2.03. The Balaban J connectivity index is 0. The van der Waals surface area contributed by atoms with Gasteiger partial charge in [0.15, 0.2) is 0 Å². The summed E-state index contributed by atoms with van der Waals surface area (Å²) in [5.74, 6) is -0.451. The molecule has 13 heavy (non-hydrogen) atoms. The molecule has 0 bridgehead atoms. The van der Waals surface area contributed by atoms with Crippen LogP contribution in [0.1, 0.15) is 27.7 Å². The third-order valence-corrected chi connectivity index (χ3v) is 1.27. The maximum atomic E-state index is 9.83. The summed E-state index contributed by atoms with van der Waals surface area (Å²) in [5.41, 5.74) is 4.40. The van der Waals surface area contributed by atoms with E-state index < -0.39 is 15.9 Å². The molecule has 80 valence electrons. The van der Waals surface area contributed by atoms with Crippen molar-refractivity contribution < 1.29 is 18.7 Å². The Labute approximate surface area is 80.6 Å². The molecule has 0 fully saturated rings. The van der Waals surface area contributed by atoms with Gasteiger partial charge in [0.1, 0.15) is 0 Å². The quantitative estimate of drug-likeness (QED) is 0.518. The minimum Gasteiger partial charge on any atom is -0.748 e. The second-order valence-electron chi connectivity index (χ2n) is 4.22. The fourth-order valence-electron chi connectivity index (χ4n) is 0.302. The molecule has 5 heteroatoms. The average Bonchev–Trinajstić information content (AvgIpc) is 1.47. The van der Waals surface area contributed by atoms with Crippen molar-refractivity contribution in [1.82, 2.24) is 0 Å². The fourth-order valence-corrected chi connectivity index (χ4v) is 0.905. The van der Waals surface area contributed by atoms with Crippen molar-refractivity contribution in [2.45, 2.75) is 33.2 Å². The second kappa shape index (κ2) is 5.36. The summed E-state index contributed by atoms with van der Waals surface area (Å²) in [6, 6.07) is 0. The summed E-state index contributed by atoms with van der Waals surface area (Å²) >= 11 is 0. The van der Waals surface area contributed by atoms with Gasteiger partial charge in [-0.25, -0.2) is 8.42 Å². The minimum absolute atomic E-state index is 0.250. The van der Waals surface area contributed by atoms with Crippen LogP contribution >= 0.6 is 0 Å². The van der Waals surface area contributed by atoms with E-state index >= 15 is 0 Å². The van der Waals surface area contributed by atoms with Gasteiger partial charge in [0, 0.05) is 0 Å². The lowest BCUT2D eigenvalue weighted by molar-refractivity contribution is -0.458. The van der Waals surface area contributed by atoms with E-state index in [1.54, 1.807) is 0 Å². The normalized spacial score (nSPS) is 11.5. The first-order valence-corrected chi connectivity index (χ1v) is 5.43. The number of quaternary nitrogens is 1. The first-order chi connectivity index (χ1) is 5.42. The van der Waals surface area contributed by atoms with Gasteiger partial charge in [0.2, 0.25) is 0 Å². The first kappa shape index (κ1) is 15.1. The predicted octanol–water partition coefficient (Wildman–Crippen LogP) is 0.135. The summed E-state index contributed by atoms with van der Waals surface area (Å²) in [6.07, 6.45) is 0. The van der Waals surface area contributed by atoms with Gasteiger partial charge in [-0.1, -0.05) is 12.2 Å². The number of hydrogen-bond acceptors (Lipinski definition) is 3. The summed E-state index contributed by atoms with van der Waals surface area (Å²) in [6.45, 7) is 11.0. The standard InChI is InChI=1S/C4H11N.C4H8O3S/c1-4(2,3)5;1-4(2)3-8(5,6)7/h5H2,1-3H3;1,3H2,2H3,(H,5,6,7). The van der Waals surface area contributed by atoms with Gasteiger partial charge in [-0.2, -0.15) is 0 Å². The van der Waals surface area contributed by atoms with Crippen molar-refractivity contribution in [1.29, 1.82) is 0 Å². The highest BCUT2D eigenvalue weighted by molar-refractivity contribution is 7.85. The molecule has 0 aromatic carbocycles. The Morgan fingerprint density at radius 1 is 1.46 bits per heavy atom. The molecule has 0 aromatic rings. The smallest absolute Gasteiger partial charge is 0.0984 e. The Morgan fingerprint density at radius 2 is 1.69 bits per heavy atom. The van der Waals surface area contributed by atoms with E-state index in [0.717, 1.165) is 0 Å². The zero-order chi connectivity index (χ0) is 11.3. The van der Waals surface area contributed by atoms with Crippen LogP contribution < -0.4 is 5.73 Å². The lowest BCUT2D eigenvalue weighted by atomic mass is 10.1. The highest BCUT2D eigenvalue weighted by Crippen LogP contribution is 1.91. The molecule has 0 spiro atoms. The largest absolute Gasteiger partial charge is 0.748 e. The van der Waals surface area contributed by atoms with E-state index in [1.807, 2.05) is 0 Å². The molecule has 0 heterocycles. The summed E-state index contributed by atoms with van der Waals surface area (Å²) in [5, 5.41) is 0. The van der Waals surface area contributed by atoms with Gasteiger partial charge in [-0.05, 0) is 27.7 Å². The monoisotopic (exact) mass is 209 g/mol. The highest BCUT2D eigenvalue weighted by atomic mass is 32.2. The molecule has 0 saturated heterocycles. The van der Waals surface area contributed by atoms with Crippen molar-refractivity contribution in [3.8, 4) is 0 Å². The van der Waals surface area contributed by atoms with E-state index in [1.165, 1.54) is 6.92 Å². The molecule has 0 atom stereocenters. The van der Waals surface area contributed by atoms with E-state index in [-0.39, 0.29) is 5.54 Å². The predicted molar refractivity (Wildman–Crippen MR) is 52.0 cm³/mol. The molecule has 4 nitrogen and oxygen atoms in total. The zero-order valence-electron chi connectivity index (χ0n) is 8.75. The number of rotatable bonds is 2. The summed E-state index contributed by atoms with van der Waals surface area (Å²) < 4.78 is 29.5. The third-order valence-electron chi connectivity index (χ3n) is 0.423. The van der Waals surface area contributed by atoms with Gasteiger partial charge in [-0.3, -0.25) is 0 Å². The third kappa shape index (κ3) is 50.5. The van der Waals surface area contributed by atoms with Crippen molar-refractivity contribution in [3.63, 3.8) is 0 Å². The zero-order valence-corrected chi connectivity index (χ0v) is 9.57. The van der Waals surface area contributed by atoms with Crippen molar-refractivity contribution in [2.24, 2.45) is 0 Å². The van der Waals surface area contributed by atoms with Crippen LogP contribution in [0.15, 0.2) is 12.2 Å².